The first kappa shape index (κ1) is 13.0. The van der Waals surface area contributed by atoms with E-state index in [1.165, 1.54) is 0 Å². The molecular weight excluding hydrogens is 210 g/mol. The molecule has 2 atom stereocenters. The van der Waals surface area contributed by atoms with Gasteiger partial charge in [-0.25, -0.2) is 0 Å². The summed E-state index contributed by atoms with van der Waals surface area (Å²) < 4.78 is 5.18. The van der Waals surface area contributed by atoms with Gasteiger partial charge in [0.2, 0.25) is 0 Å². The van der Waals surface area contributed by atoms with Crippen LogP contribution in [0.5, 0.6) is 0 Å². The van der Waals surface area contributed by atoms with Gasteiger partial charge in [-0.2, -0.15) is 0 Å². The molecule has 2 N–H and O–H groups in total. The van der Waals surface area contributed by atoms with Gasteiger partial charge in [-0.1, -0.05) is 0 Å². The smallest absolute Gasteiger partial charge is 0.320 e. The van der Waals surface area contributed by atoms with Crippen molar-refractivity contribution in [1.82, 2.24) is 5.32 Å². The molecule has 1 fully saturated rings. The van der Waals surface area contributed by atoms with Crippen molar-refractivity contribution in [2.45, 2.75) is 45.3 Å². The highest BCUT2D eigenvalue weighted by molar-refractivity contribution is 5.74. The highest BCUT2D eigenvalue weighted by Crippen LogP contribution is 2.20. The van der Waals surface area contributed by atoms with Gasteiger partial charge < -0.3 is 15.2 Å². The summed E-state index contributed by atoms with van der Waals surface area (Å²) in [4.78, 5) is 22.2. The molecule has 1 rings (SSSR count). The molecule has 0 bridgehead atoms. The molecule has 1 aliphatic heterocycles. The van der Waals surface area contributed by atoms with Gasteiger partial charge in [0.05, 0.1) is 0 Å². The van der Waals surface area contributed by atoms with E-state index in [-0.39, 0.29) is 18.3 Å². The predicted octanol–water partition coefficient (Wildman–Crippen LogP) is 0.781. The number of carboxylic acids is 1. The monoisotopic (exact) mass is 229 g/mol. The number of esters is 1. The molecule has 0 aromatic carbocycles. The maximum Gasteiger partial charge on any atom is 0.320 e. The van der Waals surface area contributed by atoms with Crippen LogP contribution in [0, 0.1) is 5.92 Å². The molecule has 0 aromatic heterocycles. The van der Waals surface area contributed by atoms with Crippen LogP contribution in [0.3, 0.4) is 0 Å². The summed E-state index contributed by atoms with van der Waals surface area (Å²) >= 11 is 0. The van der Waals surface area contributed by atoms with Gasteiger partial charge in [0, 0.05) is 6.42 Å². The van der Waals surface area contributed by atoms with Crippen LogP contribution in [-0.2, 0) is 14.3 Å². The Balaban J connectivity index is 2.34. The second-order valence-electron chi connectivity index (χ2n) is 5.19. The van der Waals surface area contributed by atoms with E-state index in [2.05, 4.69) is 5.32 Å². The van der Waals surface area contributed by atoms with E-state index in [9.17, 15) is 9.59 Å². The molecule has 0 spiro atoms. The van der Waals surface area contributed by atoms with Crippen molar-refractivity contribution in [3.8, 4) is 0 Å². The number of ether oxygens (including phenoxy) is 1. The summed E-state index contributed by atoms with van der Waals surface area (Å²) in [6, 6.07) is -0.521. The fraction of sp³-hybridized carbons (Fsp3) is 0.818. The molecule has 16 heavy (non-hydrogen) atoms. The average molecular weight is 229 g/mol. The minimum absolute atomic E-state index is 0.0657. The summed E-state index contributed by atoms with van der Waals surface area (Å²) in [5.41, 5.74) is -0.477. The van der Waals surface area contributed by atoms with E-state index in [1.807, 2.05) is 20.8 Å². The van der Waals surface area contributed by atoms with Crippen LogP contribution in [0.15, 0.2) is 0 Å². The normalized spacial score (nSPS) is 25.4. The van der Waals surface area contributed by atoms with Gasteiger partial charge in [-0.05, 0) is 39.7 Å². The fourth-order valence-electron chi connectivity index (χ4n) is 1.77. The Morgan fingerprint density at radius 3 is 2.50 bits per heavy atom. The quantitative estimate of drug-likeness (QED) is 0.699. The van der Waals surface area contributed by atoms with Crippen LogP contribution in [0.2, 0.25) is 0 Å². The van der Waals surface area contributed by atoms with Gasteiger partial charge >= 0.3 is 11.9 Å². The Morgan fingerprint density at radius 2 is 2.06 bits per heavy atom. The second kappa shape index (κ2) is 4.82. The van der Waals surface area contributed by atoms with Gasteiger partial charge in [0.1, 0.15) is 11.6 Å². The Bertz CT molecular complexity index is 282. The van der Waals surface area contributed by atoms with E-state index in [0.29, 0.717) is 13.0 Å². The SMILES string of the molecule is CC(C)(C)OC(=O)C[C@@H]1CN[C@H](C(=O)O)C1. The maximum absolute atomic E-state index is 11.5. The van der Waals surface area contributed by atoms with Crippen LogP contribution in [0.4, 0.5) is 0 Å². The third-order valence-electron chi connectivity index (χ3n) is 2.40. The lowest BCUT2D eigenvalue weighted by Crippen LogP contribution is -2.29. The zero-order chi connectivity index (χ0) is 12.3. The number of aliphatic carboxylic acids is 1. The number of hydrogen-bond donors (Lipinski definition) is 2. The molecule has 0 aromatic rings. The zero-order valence-electron chi connectivity index (χ0n) is 9.95. The fourth-order valence-corrected chi connectivity index (χ4v) is 1.77. The van der Waals surface area contributed by atoms with Crippen molar-refractivity contribution in [3.63, 3.8) is 0 Å². The minimum Gasteiger partial charge on any atom is -0.480 e. The largest absolute Gasteiger partial charge is 0.480 e. The van der Waals surface area contributed by atoms with E-state index in [0.717, 1.165) is 0 Å². The van der Waals surface area contributed by atoms with Crippen molar-refractivity contribution in [1.29, 1.82) is 0 Å². The van der Waals surface area contributed by atoms with Gasteiger partial charge in [-0.3, -0.25) is 9.59 Å². The second-order valence-corrected chi connectivity index (χ2v) is 5.19. The molecule has 0 aliphatic carbocycles. The first-order chi connectivity index (χ1) is 7.28. The lowest BCUT2D eigenvalue weighted by Gasteiger charge is -2.20. The van der Waals surface area contributed by atoms with Crippen LogP contribution in [-0.4, -0.2) is 35.2 Å². The standard InChI is InChI=1S/C11H19NO4/c1-11(2,3)16-9(13)5-7-4-8(10(14)15)12-6-7/h7-8,12H,4-6H2,1-3H3,(H,14,15)/t7-,8+/m1/s1. The number of carbonyl (C=O) groups excluding carboxylic acids is 1. The van der Waals surface area contributed by atoms with E-state index in [4.69, 9.17) is 9.84 Å². The first-order valence-electron chi connectivity index (χ1n) is 5.46. The van der Waals surface area contributed by atoms with E-state index < -0.39 is 17.6 Å². The Morgan fingerprint density at radius 1 is 1.44 bits per heavy atom. The van der Waals surface area contributed by atoms with Gasteiger partial charge in [0.15, 0.2) is 0 Å². The van der Waals surface area contributed by atoms with Gasteiger partial charge in [0.25, 0.3) is 0 Å². The van der Waals surface area contributed by atoms with Gasteiger partial charge in [-0.15, -0.1) is 0 Å². The molecule has 0 amide bonds. The molecule has 1 aliphatic rings. The molecule has 0 unspecified atom stereocenters. The highest BCUT2D eigenvalue weighted by atomic mass is 16.6. The van der Waals surface area contributed by atoms with Crippen LogP contribution in [0.25, 0.3) is 0 Å². The highest BCUT2D eigenvalue weighted by Gasteiger charge is 2.31. The summed E-state index contributed by atoms with van der Waals surface area (Å²) in [5.74, 6) is -1.05. The minimum atomic E-state index is -0.855. The Kier molecular flexibility index (Phi) is 3.91. The predicted molar refractivity (Wildman–Crippen MR) is 58.0 cm³/mol. The van der Waals surface area contributed by atoms with Crippen LogP contribution >= 0.6 is 0 Å². The van der Waals surface area contributed by atoms with Crippen LogP contribution < -0.4 is 5.32 Å². The van der Waals surface area contributed by atoms with Crippen LogP contribution in [0.1, 0.15) is 33.6 Å². The Hall–Kier alpha value is -1.10. The zero-order valence-corrected chi connectivity index (χ0v) is 9.95. The lowest BCUT2D eigenvalue weighted by molar-refractivity contribution is -0.156. The average Bonchev–Trinajstić information content (AvgIpc) is 2.48. The third-order valence-corrected chi connectivity index (χ3v) is 2.40. The summed E-state index contributed by atoms with van der Waals surface area (Å²) in [6.07, 6.45) is 0.780. The molecular formula is C11H19NO4. The van der Waals surface area contributed by atoms with Crippen molar-refractivity contribution in [3.05, 3.63) is 0 Å². The lowest BCUT2D eigenvalue weighted by atomic mass is 10.0. The molecule has 0 radical (unpaired) electrons. The van der Waals surface area contributed by atoms with Crippen molar-refractivity contribution >= 4 is 11.9 Å². The number of carboxylic acid groups (broad SMARTS) is 1. The molecule has 5 heteroatoms. The number of rotatable bonds is 3. The summed E-state index contributed by atoms with van der Waals surface area (Å²) in [7, 11) is 0. The van der Waals surface area contributed by atoms with E-state index in [1.54, 1.807) is 0 Å². The summed E-state index contributed by atoms with van der Waals surface area (Å²) in [5, 5.41) is 11.6. The summed E-state index contributed by atoms with van der Waals surface area (Å²) in [6.45, 7) is 6.02. The maximum atomic E-state index is 11.5. The third kappa shape index (κ3) is 4.18. The molecule has 1 saturated heterocycles. The van der Waals surface area contributed by atoms with Crippen molar-refractivity contribution in [2.75, 3.05) is 6.54 Å². The number of carbonyl (C=O) groups is 2. The Labute approximate surface area is 95.2 Å². The topological polar surface area (TPSA) is 75.6 Å². The molecule has 1 heterocycles. The molecule has 5 nitrogen and oxygen atoms in total. The van der Waals surface area contributed by atoms with Crippen molar-refractivity contribution in [2.24, 2.45) is 5.92 Å². The van der Waals surface area contributed by atoms with E-state index >= 15 is 0 Å². The molecule has 0 saturated carbocycles. The first-order valence-corrected chi connectivity index (χ1v) is 5.46. The van der Waals surface area contributed by atoms with Crippen molar-refractivity contribution < 1.29 is 19.4 Å². The molecule has 92 valence electrons. The number of nitrogens with one attached hydrogen (secondary N) is 1. The number of hydrogen-bond acceptors (Lipinski definition) is 4.